The molecule has 0 unspecified atom stereocenters. The van der Waals surface area contributed by atoms with Crippen molar-refractivity contribution in [2.45, 2.75) is 19.9 Å². The highest BCUT2D eigenvalue weighted by Crippen LogP contribution is 2.15. The molecule has 0 aliphatic heterocycles. The second kappa shape index (κ2) is 5.80. The average molecular weight is 251 g/mol. The Kier molecular flexibility index (Phi) is 4.12. The largest absolute Gasteiger partial charge is 0.339 e. The average Bonchev–Trinajstić information content (AvgIpc) is 2.79. The summed E-state index contributed by atoms with van der Waals surface area (Å²) in [6.45, 7) is 3.95. The summed E-state index contributed by atoms with van der Waals surface area (Å²) < 4.78 is 0. The van der Waals surface area contributed by atoms with E-state index in [-0.39, 0.29) is 0 Å². The van der Waals surface area contributed by atoms with E-state index < -0.39 is 0 Å². The topological polar surface area (TPSA) is 53.6 Å². The third kappa shape index (κ3) is 3.28. The lowest BCUT2D eigenvalue weighted by Gasteiger charge is -1.99. The highest BCUT2D eigenvalue weighted by Gasteiger charge is 2.04. The zero-order valence-electron chi connectivity index (χ0n) is 9.70. The molecule has 0 spiro atoms. The van der Waals surface area contributed by atoms with E-state index in [2.05, 4.69) is 27.2 Å². The summed E-state index contributed by atoms with van der Waals surface area (Å²) >= 11 is 5.79. The van der Waals surface area contributed by atoms with Gasteiger partial charge in [0.25, 0.3) is 0 Å². The fourth-order valence-electron chi connectivity index (χ4n) is 1.49. The summed E-state index contributed by atoms with van der Waals surface area (Å²) in [4.78, 5) is 11.7. The maximum atomic E-state index is 5.79. The van der Waals surface area contributed by atoms with Crippen molar-refractivity contribution in [3.8, 4) is 11.5 Å². The van der Waals surface area contributed by atoms with E-state index in [4.69, 9.17) is 11.6 Å². The first-order valence-corrected chi connectivity index (χ1v) is 6.04. The number of nitrogens with zero attached hydrogens (tertiary/aromatic N) is 2. The van der Waals surface area contributed by atoms with Crippen LogP contribution in [0.5, 0.6) is 0 Å². The Hall–Kier alpha value is -1.39. The molecular formula is C12H15ClN4. The molecule has 5 heteroatoms. The van der Waals surface area contributed by atoms with E-state index >= 15 is 0 Å². The van der Waals surface area contributed by atoms with Crippen LogP contribution in [0.3, 0.4) is 0 Å². The summed E-state index contributed by atoms with van der Waals surface area (Å²) in [6, 6.07) is 3.66. The molecule has 2 rings (SSSR count). The van der Waals surface area contributed by atoms with Gasteiger partial charge < -0.3 is 10.3 Å². The van der Waals surface area contributed by atoms with E-state index in [0.29, 0.717) is 5.02 Å². The summed E-state index contributed by atoms with van der Waals surface area (Å²) in [6.07, 6.45) is 4.57. The Balaban J connectivity index is 2.04. The minimum absolute atomic E-state index is 0.630. The van der Waals surface area contributed by atoms with Gasteiger partial charge in [-0.05, 0) is 25.1 Å². The Morgan fingerprint density at radius 3 is 2.88 bits per heavy atom. The van der Waals surface area contributed by atoms with E-state index in [1.807, 2.05) is 12.3 Å². The second-order valence-corrected chi connectivity index (χ2v) is 4.23. The smallest absolute Gasteiger partial charge is 0.156 e. The molecule has 0 saturated heterocycles. The Bertz CT molecular complexity index is 464. The van der Waals surface area contributed by atoms with Gasteiger partial charge in [0.05, 0.1) is 11.2 Å². The predicted molar refractivity (Wildman–Crippen MR) is 68.8 cm³/mol. The molecule has 0 radical (unpaired) electrons. The van der Waals surface area contributed by atoms with Crippen molar-refractivity contribution in [2.24, 2.45) is 0 Å². The molecule has 17 heavy (non-hydrogen) atoms. The van der Waals surface area contributed by atoms with Crippen LogP contribution in [-0.4, -0.2) is 21.5 Å². The molecule has 2 aromatic rings. The molecule has 0 bridgehead atoms. The number of aromatic nitrogens is 3. The highest BCUT2D eigenvalue weighted by atomic mass is 35.5. The normalized spacial score (nSPS) is 10.7. The molecule has 0 atom stereocenters. The van der Waals surface area contributed by atoms with Gasteiger partial charge in [-0.2, -0.15) is 0 Å². The number of imidazole rings is 1. The zero-order chi connectivity index (χ0) is 12.1. The molecule has 2 N–H and O–H groups in total. The SMILES string of the molecule is CCCNCc1cnc(-c2ccc(Cl)cn2)[nH]1. The van der Waals surface area contributed by atoms with Gasteiger partial charge in [-0.25, -0.2) is 4.98 Å². The van der Waals surface area contributed by atoms with Gasteiger partial charge in [-0.15, -0.1) is 0 Å². The summed E-state index contributed by atoms with van der Waals surface area (Å²) in [7, 11) is 0. The minimum Gasteiger partial charge on any atom is -0.339 e. The molecule has 90 valence electrons. The molecule has 0 amide bonds. The lowest BCUT2D eigenvalue weighted by Crippen LogP contribution is -2.13. The first-order chi connectivity index (χ1) is 8.29. The molecule has 0 aliphatic carbocycles. The molecule has 0 aromatic carbocycles. The lowest BCUT2D eigenvalue weighted by atomic mass is 10.3. The number of halogens is 1. The van der Waals surface area contributed by atoms with Crippen LogP contribution in [0.2, 0.25) is 5.02 Å². The third-order valence-electron chi connectivity index (χ3n) is 2.34. The van der Waals surface area contributed by atoms with Crippen LogP contribution in [0.4, 0.5) is 0 Å². The standard InChI is InChI=1S/C12H15ClN4/c1-2-5-14-7-10-8-16-12(17-10)11-4-3-9(13)6-15-11/h3-4,6,8,14H,2,5,7H2,1H3,(H,16,17). The van der Waals surface area contributed by atoms with Crippen molar-refractivity contribution in [2.75, 3.05) is 6.54 Å². The van der Waals surface area contributed by atoms with E-state index in [1.54, 1.807) is 12.3 Å². The van der Waals surface area contributed by atoms with Crippen LogP contribution in [0.15, 0.2) is 24.5 Å². The molecule has 4 nitrogen and oxygen atoms in total. The van der Waals surface area contributed by atoms with Gasteiger partial charge in [0.1, 0.15) is 5.69 Å². The molecule has 0 fully saturated rings. The number of H-pyrrole nitrogens is 1. The third-order valence-corrected chi connectivity index (χ3v) is 2.56. The summed E-state index contributed by atoms with van der Waals surface area (Å²) in [5.41, 5.74) is 1.86. The van der Waals surface area contributed by atoms with Crippen molar-refractivity contribution in [1.29, 1.82) is 0 Å². The van der Waals surface area contributed by atoms with E-state index in [1.165, 1.54) is 0 Å². The van der Waals surface area contributed by atoms with Gasteiger partial charge in [0.15, 0.2) is 5.82 Å². The van der Waals surface area contributed by atoms with Gasteiger partial charge in [0.2, 0.25) is 0 Å². The lowest BCUT2D eigenvalue weighted by molar-refractivity contribution is 0.666. The number of pyridine rings is 1. The van der Waals surface area contributed by atoms with Gasteiger partial charge >= 0.3 is 0 Å². The first-order valence-electron chi connectivity index (χ1n) is 5.66. The van der Waals surface area contributed by atoms with E-state index in [9.17, 15) is 0 Å². The second-order valence-electron chi connectivity index (χ2n) is 3.80. The van der Waals surface area contributed by atoms with E-state index in [0.717, 1.165) is 36.7 Å². The molecule has 2 aromatic heterocycles. The Morgan fingerprint density at radius 2 is 2.18 bits per heavy atom. The quantitative estimate of drug-likeness (QED) is 0.802. The molecule has 0 aliphatic rings. The molecule has 0 saturated carbocycles. The van der Waals surface area contributed by atoms with Crippen LogP contribution in [0.1, 0.15) is 19.0 Å². The zero-order valence-corrected chi connectivity index (χ0v) is 10.5. The predicted octanol–water partition coefficient (Wildman–Crippen LogP) is 2.62. The summed E-state index contributed by atoms with van der Waals surface area (Å²) in [5, 5.41) is 3.94. The fraction of sp³-hybridized carbons (Fsp3) is 0.333. The van der Waals surface area contributed by atoms with Crippen LogP contribution >= 0.6 is 11.6 Å². The molecule has 2 heterocycles. The van der Waals surface area contributed by atoms with Crippen molar-refractivity contribution in [3.63, 3.8) is 0 Å². The van der Waals surface area contributed by atoms with Gasteiger partial charge in [-0.3, -0.25) is 4.98 Å². The van der Waals surface area contributed by atoms with Crippen molar-refractivity contribution in [1.82, 2.24) is 20.3 Å². The fourth-order valence-corrected chi connectivity index (χ4v) is 1.61. The monoisotopic (exact) mass is 250 g/mol. The first kappa shape index (κ1) is 12.1. The summed E-state index contributed by atoms with van der Waals surface area (Å²) in [5.74, 6) is 0.773. The number of rotatable bonds is 5. The Morgan fingerprint density at radius 1 is 1.29 bits per heavy atom. The van der Waals surface area contributed by atoms with Crippen molar-refractivity contribution in [3.05, 3.63) is 35.2 Å². The van der Waals surface area contributed by atoms with Crippen LogP contribution in [0, 0.1) is 0 Å². The minimum atomic E-state index is 0.630. The Labute approximate surface area is 105 Å². The van der Waals surface area contributed by atoms with Gasteiger partial charge in [0, 0.05) is 18.4 Å². The van der Waals surface area contributed by atoms with Crippen molar-refractivity contribution < 1.29 is 0 Å². The molecular weight excluding hydrogens is 236 g/mol. The van der Waals surface area contributed by atoms with Crippen LogP contribution in [-0.2, 0) is 6.54 Å². The van der Waals surface area contributed by atoms with Crippen LogP contribution in [0.25, 0.3) is 11.5 Å². The number of aromatic amines is 1. The number of nitrogens with one attached hydrogen (secondary N) is 2. The number of hydrogen-bond acceptors (Lipinski definition) is 3. The maximum absolute atomic E-state index is 5.79. The van der Waals surface area contributed by atoms with Crippen LogP contribution < -0.4 is 5.32 Å². The highest BCUT2D eigenvalue weighted by molar-refractivity contribution is 6.30. The van der Waals surface area contributed by atoms with Gasteiger partial charge in [-0.1, -0.05) is 18.5 Å². The van der Waals surface area contributed by atoms with Crippen molar-refractivity contribution >= 4 is 11.6 Å². The maximum Gasteiger partial charge on any atom is 0.156 e. The number of hydrogen-bond donors (Lipinski definition) is 2.